The van der Waals surface area contributed by atoms with Crippen molar-refractivity contribution >= 4 is 12.0 Å². The minimum absolute atomic E-state index is 0.0421. The molecule has 0 radical (unpaired) electrons. The van der Waals surface area contributed by atoms with Crippen molar-refractivity contribution in [3.63, 3.8) is 0 Å². The van der Waals surface area contributed by atoms with Gasteiger partial charge in [-0.3, -0.25) is 9.78 Å². The van der Waals surface area contributed by atoms with Gasteiger partial charge in [-0.05, 0) is 63.2 Å². The van der Waals surface area contributed by atoms with Crippen LogP contribution in [-0.4, -0.2) is 22.6 Å². The summed E-state index contributed by atoms with van der Waals surface area (Å²) >= 11 is 0. The number of carbonyl (C=O) groups is 1. The van der Waals surface area contributed by atoms with Crippen LogP contribution in [0.1, 0.15) is 27.8 Å². The average molecular weight is 568 g/mol. The summed E-state index contributed by atoms with van der Waals surface area (Å²) in [6, 6.07) is 36.8. The predicted octanol–water partition coefficient (Wildman–Crippen LogP) is 7.01. The molecule has 6 heteroatoms. The van der Waals surface area contributed by atoms with Crippen molar-refractivity contribution in [2.24, 2.45) is 0 Å². The number of hydrogen-bond donors (Lipinski definition) is 1. The van der Waals surface area contributed by atoms with E-state index in [9.17, 15) is 4.79 Å². The number of benzene rings is 4. The normalized spacial score (nSPS) is 12.0. The van der Waals surface area contributed by atoms with Crippen LogP contribution in [0.3, 0.4) is 0 Å². The maximum absolute atomic E-state index is 13.2. The van der Waals surface area contributed by atoms with E-state index < -0.39 is 0 Å². The van der Waals surface area contributed by atoms with E-state index in [1.54, 1.807) is 18.5 Å². The Bertz CT molecular complexity index is 1670. The number of rotatable bonds is 11. The first-order valence-corrected chi connectivity index (χ1v) is 14.4. The largest absolute Gasteiger partial charge is 0.454 e. The second kappa shape index (κ2) is 13.6. The fraction of sp³-hybridized carbons (Fsp3) is 0.135. The zero-order valence-corrected chi connectivity index (χ0v) is 23.9. The quantitative estimate of drug-likeness (QED) is 0.174. The number of amides is 1. The second-order valence-electron chi connectivity index (χ2n) is 10.5. The van der Waals surface area contributed by atoms with Crippen LogP contribution < -0.4 is 14.8 Å². The standard InChI is InChI=1S/C37H33N3O3/c41-37(19-13-28-5-2-1-3-6-28)40(26-32-7-4-20-38-24-32)25-30-10-16-34(17-11-30)33-14-8-29(9-15-33)22-39-23-31-12-18-35-36(21-31)43-27-42-35/h1-21,24,39H,22-23,25-27H2/b19-13+. The molecule has 0 saturated carbocycles. The lowest BCUT2D eigenvalue weighted by Gasteiger charge is -2.22. The van der Waals surface area contributed by atoms with E-state index in [2.05, 4.69) is 64.9 Å². The molecule has 2 heterocycles. The van der Waals surface area contributed by atoms with Gasteiger partial charge in [-0.25, -0.2) is 0 Å². The summed E-state index contributed by atoms with van der Waals surface area (Å²) in [6.07, 6.45) is 7.05. The van der Waals surface area contributed by atoms with Gasteiger partial charge in [0.1, 0.15) is 0 Å². The highest BCUT2D eigenvalue weighted by Gasteiger charge is 2.14. The molecule has 1 aliphatic rings. The molecule has 0 unspecified atom stereocenters. The van der Waals surface area contributed by atoms with Crippen LogP contribution in [0.5, 0.6) is 11.5 Å². The maximum Gasteiger partial charge on any atom is 0.247 e. The highest BCUT2D eigenvalue weighted by Crippen LogP contribution is 2.32. The summed E-state index contributed by atoms with van der Waals surface area (Å²) in [5.74, 6) is 1.57. The van der Waals surface area contributed by atoms with Crippen LogP contribution in [0.25, 0.3) is 17.2 Å². The SMILES string of the molecule is O=C(/C=C/c1ccccc1)N(Cc1ccc(-c2ccc(CNCc3ccc4c(c3)OCO4)cc2)cc1)Cc1cccnc1. The summed E-state index contributed by atoms with van der Waals surface area (Å²) in [5.41, 5.74) is 7.72. The zero-order chi connectivity index (χ0) is 29.3. The Morgan fingerprint density at radius 1 is 0.721 bits per heavy atom. The van der Waals surface area contributed by atoms with E-state index >= 15 is 0 Å². The molecule has 5 aromatic rings. The van der Waals surface area contributed by atoms with Gasteiger partial charge in [-0.15, -0.1) is 0 Å². The molecule has 0 bridgehead atoms. The molecule has 1 aromatic heterocycles. The summed E-state index contributed by atoms with van der Waals surface area (Å²) in [5, 5.41) is 3.50. The molecule has 6 nitrogen and oxygen atoms in total. The highest BCUT2D eigenvalue weighted by atomic mass is 16.7. The van der Waals surface area contributed by atoms with Gasteiger partial charge in [0.2, 0.25) is 12.7 Å². The first kappa shape index (κ1) is 27.9. The topological polar surface area (TPSA) is 63.7 Å². The third-order valence-corrected chi connectivity index (χ3v) is 7.34. The van der Waals surface area contributed by atoms with E-state index in [0.717, 1.165) is 58.0 Å². The van der Waals surface area contributed by atoms with Gasteiger partial charge in [0.25, 0.3) is 0 Å². The number of carbonyl (C=O) groups excluding carboxylic acids is 1. The van der Waals surface area contributed by atoms with E-state index in [1.807, 2.05) is 65.6 Å². The summed E-state index contributed by atoms with van der Waals surface area (Å²) in [6.45, 7) is 2.80. The third-order valence-electron chi connectivity index (χ3n) is 7.34. The monoisotopic (exact) mass is 567 g/mol. The maximum atomic E-state index is 13.2. The van der Waals surface area contributed by atoms with Crippen molar-refractivity contribution in [3.8, 4) is 22.6 Å². The van der Waals surface area contributed by atoms with Gasteiger partial charge < -0.3 is 19.7 Å². The lowest BCUT2D eigenvalue weighted by atomic mass is 10.0. The Balaban J connectivity index is 1.07. The Kier molecular flexibility index (Phi) is 8.87. The molecule has 0 saturated heterocycles. The van der Waals surface area contributed by atoms with Crippen LogP contribution in [0.15, 0.2) is 128 Å². The molecule has 1 aliphatic heterocycles. The number of aromatic nitrogens is 1. The van der Waals surface area contributed by atoms with Crippen molar-refractivity contribution in [1.82, 2.24) is 15.2 Å². The number of ether oxygens (including phenoxy) is 2. The third kappa shape index (κ3) is 7.56. The van der Waals surface area contributed by atoms with Crippen molar-refractivity contribution in [3.05, 3.63) is 155 Å². The summed E-state index contributed by atoms with van der Waals surface area (Å²) in [7, 11) is 0. The van der Waals surface area contributed by atoms with Crippen molar-refractivity contribution in [1.29, 1.82) is 0 Å². The number of fused-ring (bicyclic) bond motifs is 1. The Morgan fingerprint density at radius 3 is 2.14 bits per heavy atom. The number of nitrogens with zero attached hydrogens (tertiary/aromatic N) is 2. The van der Waals surface area contributed by atoms with Crippen LogP contribution in [0, 0.1) is 0 Å². The fourth-order valence-corrected chi connectivity index (χ4v) is 5.00. The van der Waals surface area contributed by atoms with Gasteiger partial charge in [0, 0.05) is 44.6 Å². The van der Waals surface area contributed by atoms with Crippen molar-refractivity contribution in [2.45, 2.75) is 26.2 Å². The first-order valence-electron chi connectivity index (χ1n) is 14.4. The van der Waals surface area contributed by atoms with Crippen LogP contribution in [0.4, 0.5) is 0 Å². The summed E-state index contributed by atoms with van der Waals surface area (Å²) < 4.78 is 10.9. The van der Waals surface area contributed by atoms with Crippen LogP contribution in [0.2, 0.25) is 0 Å². The Hall–Kier alpha value is -5.20. The molecule has 1 N–H and O–H groups in total. The van der Waals surface area contributed by atoms with Gasteiger partial charge in [0.15, 0.2) is 11.5 Å². The molecule has 43 heavy (non-hydrogen) atoms. The van der Waals surface area contributed by atoms with E-state index in [0.29, 0.717) is 19.9 Å². The Labute approximate surface area is 252 Å². The van der Waals surface area contributed by atoms with Crippen molar-refractivity contribution in [2.75, 3.05) is 6.79 Å². The molecular formula is C37H33N3O3. The lowest BCUT2D eigenvalue weighted by molar-refractivity contribution is -0.127. The number of nitrogens with one attached hydrogen (secondary N) is 1. The van der Waals surface area contributed by atoms with E-state index in [1.165, 1.54) is 5.56 Å². The molecular weight excluding hydrogens is 534 g/mol. The number of pyridine rings is 1. The number of hydrogen-bond acceptors (Lipinski definition) is 5. The first-order chi connectivity index (χ1) is 21.2. The van der Waals surface area contributed by atoms with Gasteiger partial charge in [0.05, 0.1) is 0 Å². The molecule has 0 aliphatic carbocycles. The van der Waals surface area contributed by atoms with Gasteiger partial charge >= 0.3 is 0 Å². The molecule has 6 rings (SSSR count). The lowest BCUT2D eigenvalue weighted by Crippen LogP contribution is -2.28. The molecule has 0 spiro atoms. The smallest absolute Gasteiger partial charge is 0.247 e. The van der Waals surface area contributed by atoms with Gasteiger partial charge in [-0.1, -0.05) is 91.0 Å². The van der Waals surface area contributed by atoms with E-state index in [-0.39, 0.29) is 5.91 Å². The predicted molar refractivity (Wildman–Crippen MR) is 169 cm³/mol. The second-order valence-corrected chi connectivity index (χ2v) is 10.5. The minimum atomic E-state index is -0.0421. The molecule has 214 valence electrons. The summed E-state index contributed by atoms with van der Waals surface area (Å²) in [4.78, 5) is 19.3. The van der Waals surface area contributed by atoms with Gasteiger partial charge in [-0.2, -0.15) is 0 Å². The average Bonchev–Trinajstić information content (AvgIpc) is 3.53. The van der Waals surface area contributed by atoms with E-state index in [4.69, 9.17) is 9.47 Å². The van der Waals surface area contributed by atoms with Crippen molar-refractivity contribution < 1.29 is 14.3 Å². The molecule has 0 atom stereocenters. The minimum Gasteiger partial charge on any atom is -0.454 e. The fourth-order valence-electron chi connectivity index (χ4n) is 5.00. The molecule has 1 amide bonds. The molecule has 4 aromatic carbocycles. The Morgan fingerprint density at radius 2 is 1.40 bits per heavy atom. The van der Waals surface area contributed by atoms with Crippen LogP contribution >= 0.6 is 0 Å². The van der Waals surface area contributed by atoms with Crippen LogP contribution in [-0.2, 0) is 31.0 Å². The zero-order valence-electron chi connectivity index (χ0n) is 23.9. The molecule has 0 fully saturated rings. The highest BCUT2D eigenvalue weighted by molar-refractivity contribution is 5.91.